The van der Waals surface area contributed by atoms with Crippen LogP contribution in [0, 0.1) is 6.92 Å². The molecule has 19 heavy (non-hydrogen) atoms. The number of nitrogens with zero attached hydrogens (tertiary/aromatic N) is 1. The van der Waals surface area contributed by atoms with Crippen LogP contribution in [0.15, 0.2) is 48.5 Å². The molecule has 0 aromatic heterocycles. The molecule has 2 rings (SSSR count). The standard InChI is InChI=1S/C17H22N2/c1-3-19(17-6-4-5-14(2)13-17)16-9-7-15(8-10-16)11-12-18/h4-10,13H,3,11-12,18H2,1-2H3. The van der Waals surface area contributed by atoms with Gasteiger partial charge in [0.05, 0.1) is 0 Å². The molecule has 2 N–H and O–H groups in total. The minimum atomic E-state index is 0.703. The normalized spacial score (nSPS) is 10.5. The van der Waals surface area contributed by atoms with E-state index in [1.54, 1.807) is 0 Å². The molecule has 2 aromatic rings. The van der Waals surface area contributed by atoms with Crippen molar-refractivity contribution in [1.82, 2.24) is 0 Å². The van der Waals surface area contributed by atoms with Crippen LogP contribution in [0.4, 0.5) is 11.4 Å². The SMILES string of the molecule is CCN(c1ccc(CCN)cc1)c1cccc(C)c1. The lowest BCUT2D eigenvalue weighted by molar-refractivity contribution is 0.965. The van der Waals surface area contributed by atoms with E-state index in [1.807, 2.05) is 0 Å². The highest BCUT2D eigenvalue weighted by Gasteiger charge is 2.06. The summed E-state index contributed by atoms with van der Waals surface area (Å²) < 4.78 is 0. The van der Waals surface area contributed by atoms with Gasteiger partial charge in [-0.1, -0.05) is 24.3 Å². The maximum atomic E-state index is 5.58. The second-order valence-electron chi connectivity index (χ2n) is 4.79. The molecule has 0 aliphatic carbocycles. The molecule has 0 saturated carbocycles. The predicted octanol–water partition coefficient (Wildman–Crippen LogP) is 3.65. The van der Waals surface area contributed by atoms with Crippen LogP contribution in [0.1, 0.15) is 18.1 Å². The molecule has 0 bridgehead atoms. The zero-order chi connectivity index (χ0) is 13.7. The Hall–Kier alpha value is -1.80. The Labute approximate surface area is 115 Å². The van der Waals surface area contributed by atoms with Gasteiger partial charge in [0.25, 0.3) is 0 Å². The molecule has 0 aliphatic rings. The minimum absolute atomic E-state index is 0.703. The summed E-state index contributed by atoms with van der Waals surface area (Å²) in [4.78, 5) is 2.32. The lowest BCUT2D eigenvalue weighted by atomic mass is 10.1. The molecule has 0 saturated heterocycles. The third-order valence-electron chi connectivity index (χ3n) is 3.31. The Morgan fingerprint density at radius 1 is 1.00 bits per heavy atom. The number of hydrogen-bond acceptors (Lipinski definition) is 2. The maximum absolute atomic E-state index is 5.58. The number of anilines is 2. The van der Waals surface area contributed by atoms with Gasteiger partial charge >= 0.3 is 0 Å². The fraction of sp³-hybridized carbons (Fsp3) is 0.294. The summed E-state index contributed by atoms with van der Waals surface area (Å²) in [6, 6.07) is 17.3. The van der Waals surface area contributed by atoms with Crippen molar-refractivity contribution in [3.05, 3.63) is 59.7 Å². The van der Waals surface area contributed by atoms with Crippen molar-refractivity contribution >= 4 is 11.4 Å². The summed E-state index contributed by atoms with van der Waals surface area (Å²) in [5, 5.41) is 0. The first kappa shape index (κ1) is 13.6. The Morgan fingerprint density at radius 3 is 2.32 bits per heavy atom. The zero-order valence-electron chi connectivity index (χ0n) is 11.8. The first-order valence-electron chi connectivity index (χ1n) is 6.88. The number of rotatable bonds is 5. The molecule has 0 heterocycles. The third-order valence-corrected chi connectivity index (χ3v) is 3.31. The quantitative estimate of drug-likeness (QED) is 0.882. The van der Waals surface area contributed by atoms with Crippen LogP contribution in [-0.4, -0.2) is 13.1 Å². The van der Waals surface area contributed by atoms with E-state index < -0.39 is 0 Å². The minimum Gasteiger partial charge on any atom is -0.342 e. The Kier molecular flexibility index (Phi) is 4.58. The first-order valence-corrected chi connectivity index (χ1v) is 6.88. The third kappa shape index (κ3) is 3.36. The van der Waals surface area contributed by atoms with E-state index in [2.05, 4.69) is 67.3 Å². The van der Waals surface area contributed by atoms with Crippen LogP contribution in [0.5, 0.6) is 0 Å². The van der Waals surface area contributed by atoms with Gasteiger partial charge in [0.15, 0.2) is 0 Å². The number of benzene rings is 2. The summed E-state index contributed by atoms with van der Waals surface area (Å²) in [6.07, 6.45) is 0.941. The fourth-order valence-corrected chi connectivity index (χ4v) is 2.32. The summed E-state index contributed by atoms with van der Waals surface area (Å²) in [5.41, 5.74) is 10.6. The monoisotopic (exact) mass is 254 g/mol. The van der Waals surface area contributed by atoms with E-state index in [9.17, 15) is 0 Å². The maximum Gasteiger partial charge on any atom is 0.0413 e. The van der Waals surface area contributed by atoms with Crippen LogP contribution in [0.3, 0.4) is 0 Å². The van der Waals surface area contributed by atoms with Crippen LogP contribution < -0.4 is 10.6 Å². The van der Waals surface area contributed by atoms with Gasteiger partial charge in [0.2, 0.25) is 0 Å². The molecular weight excluding hydrogens is 232 g/mol. The van der Waals surface area contributed by atoms with E-state index in [0.29, 0.717) is 6.54 Å². The van der Waals surface area contributed by atoms with Crippen molar-refractivity contribution < 1.29 is 0 Å². The molecule has 0 radical (unpaired) electrons. The van der Waals surface area contributed by atoms with E-state index in [4.69, 9.17) is 5.73 Å². The van der Waals surface area contributed by atoms with Gasteiger partial charge in [-0.2, -0.15) is 0 Å². The lowest BCUT2D eigenvalue weighted by Crippen LogP contribution is -2.16. The molecule has 2 heteroatoms. The molecule has 0 aliphatic heterocycles. The van der Waals surface area contributed by atoms with Gasteiger partial charge in [-0.05, 0) is 62.2 Å². The highest BCUT2D eigenvalue weighted by molar-refractivity contribution is 5.63. The molecule has 0 unspecified atom stereocenters. The average Bonchev–Trinajstić information content (AvgIpc) is 2.42. The van der Waals surface area contributed by atoms with E-state index in [0.717, 1.165) is 13.0 Å². The molecule has 0 fully saturated rings. The van der Waals surface area contributed by atoms with Gasteiger partial charge < -0.3 is 10.6 Å². The van der Waals surface area contributed by atoms with Crippen molar-refractivity contribution in [2.45, 2.75) is 20.3 Å². The Morgan fingerprint density at radius 2 is 1.74 bits per heavy atom. The number of hydrogen-bond donors (Lipinski definition) is 1. The first-order chi connectivity index (χ1) is 9.24. The summed E-state index contributed by atoms with van der Waals surface area (Å²) in [7, 11) is 0. The average molecular weight is 254 g/mol. The topological polar surface area (TPSA) is 29.3 Å². The van der Waals surface area contributed by atoms with Gasteiger partial charge in [0, 0.05) is 17.9 Å². The second kappa shape index (κ2) is 6.39. The molecule has 0 atom stereocenters. The number of aryl methyl sites for hydroxylation is 1. The highest BCUT2D eigenvalue weighted by Crippen LogP contribution is 2.26. The molecule has 2 nitrogen and oxygen atoms in total. The Balaban J connectivity index is 2.26. The molecule has 100 valence electrons. The van der Waals surface area contributed by atoms with Crippen LogP contribution in [0.25, 0.3) is 0 Å². The summed E-state index contributed by atoms with van der Waals surface area (Å²) >= 11 is 0. The van der Waals surface area contributed by atoms with E-state index in [1.165, 1.54) is 22.5 Å². The van der Waals surface area contributed by atoms with Crippen molar-refractivity contribution in [2.75, 3.05) is 18.0 Å². The van der Waals surface area contributed by atoms with Crippen LogP contribution in [-0.2, 0) is 6.42 Å². The molecule has 2 aromatic carbocycles. The van der Waals surface area contributed by atoms with Crippen molar-refractivity contribution in [3.63, 3.8) is 0 Å². The predicted molar refractivity (Wildman–Crippen MR) is 83.1 cm³/mol. The van der Waals surface area contributed by atoms with E-state index in [-0.39, 0.29) is 0 Å². The zero-order valence-corrected chi connectivity index (χ0v) is 11.8. The van der Waals surface area contributed by atoms with Gasteiger partial charge in [-0.15, -0.1) is 0 Å². The van der Waals surface area contributed by atoms with Gasteiger partial charge in [-0.3, -0.25) is 0 Å². The smallest absolute Gasteiger partial charge is 0.0413 e. The fourth-order valence-electron chi connectivity index (χ4n) is 2.32. The molecule has 0 amide bonds. The largest absolute Gasteiger partial charge is 0.342 e. The van der Waals surface area contributed by atoms with E-state index >= 15 is 0 Å². The van der Waals surface area contributed by atoms with Crippen molar-refractivity contribution in [1.29, 1.82) is 0 Å². The van der Waals surface area contributed by atoms with Gasteiger partial charge in [-0.25, -0.2) is 0 Å². The summed E-state index contributed by atoms with van der Waals surface area (Å²) in [5.74, 6) is 0. The van der Waals surface area contributed by atoms with Gasteiger partial charge in [0.1, 0.15) is 0 Å². The van der Waals surface area contributed by atoms with Crippen LogP contribution >= 0.6 is 0 Å². The lowest BCUT2D eigenvalue weighted by Gasteiger charge is -2.24. The second-order valence-corrected chi connectivity index (χ2v) is 4.79. The molecular formula is C17H22N2. The van der Waals surface area contributed by atoms with Crippen molar-refractivity contribution in [3.8, 4) is 0 Å². The molecule has 0 spiro atoms. The highest BCUT2D eigenvalue weighted by atomic mass is 15.1. The Bertz CT molecular complexity index is 517. The summed E-state index contributed by atoms with van der Waals surface area (Å²) in [6.45, 7) is 5.96. The number of nitrogens with two attached hydrogens (primary N) is 1. The van der Waals surface area contributed by atoms with Crippen LogP contribution in [0.2, 0.25) is 0 Å². The van der Waals surface area contributed by atoms with Crippen molar-refractivity contribution in [2.24, 2.45) is 5.73 Å².